The summed E-state index contributed by atoms with van der Waals surface area (Å²) in [6, 6.07) is 0. The van der Waals surface area contributed by atoms with Crippen LogP contribution in [0.3, 0.4) is 0 Å². The number of ether oxygens (including phenoxy) is 2. The molecule has 0 aromatic carbocycles. The zero-order chi connectivity index (χ0) is 18.0. The van der Waals surface area contributed by atoms with Crippen LogP contribution in [-0.4, -0.2) is 34.1 Å². The normalized spacial score (nSPS) is 17.5. The van der Waals surface area contributed by atoms with Gasteiger partial charge in [0.1, 0.15) is 0 Å². The molecule has 0 aliphatic carbocycles. The van der Waals surface area contributed by atoms with E-state index in [-0.39, 0.29) is 0 Å². The molecule has 12 heteroatoms. The second-order valence-electron chi connectivity index (χ2n) is 4.46. The maximum Gasteiger partial charge on any atom is 0.430 e. The molecule has 0 aliphatic heterocycles. The Kier molecular flexibility index (Phi) is 7.58. The first-order valence-electron chi connectivity index (χ1n) is 5.74. The zero-order valence-corrected chi connectivity index (χ0v) is 14.3. The second kappa shape index (κ2) is 7.47. The van der Waals surface area contributed by atoms with E-state index in [2.05, 4.69) is 9.47 Å². The molecule has 0 saturated carbocycles. The topological polar surface area (TPSA) is 18.5 Å². The monoisotopic (exact) mass is 474 g/mol. The summed E-state index contributed by atoms with van der Waals surface area (Å²) in [5.41, 5.74) is 0. The highest BCUT2D eigenvalue weighted by atomic mass is 79.9. The predicted octanol–water partition coefficient (Wildman–Crippen LogP) is 5.74. The van der Waals surface area contributed by atoms with Crippen LogP contribution in [0.5, 0.6) is 0 Å². The number of alkyl halides is 10. The van der Waals surface area contributed by atoms with Gasteiger partial charge in [0.05, 0.1) is 12.2 Å². The minimum absolute atomic E-state index is 0.399. The van der Waals surface area contributed by atoms with Gasteiger partial charge in [0.25, 0.3) is 0 Å². The Bertz CT molecular complexity index is 322. The first kappa shape index (κ1) is 22.3. The smallest absolute Gasteiger partial charge is 0.312 e. The molecule has 0 aromatic rings. The average Bonchev–Trinajstić information content (AvgIpc) is 2.21. The summed E-state index contributed by atoms with van der Waals surface area (Å²) < 4.78 is 109. The molecule has 0 amide bonds. The lowest BCUT2D eigenvalue weighted by Gasteiger charge is -2.27. The Morgan fingerprint density at radius 1 is 0.682 bits per heavy atom. The van der Waals surface area contributed by atoms with E-state index in [9.17, 15) is 35.1 Å². The summed E-state index contributed by atoms with van der Waals surface area (Å²) in [7, 11) is 0. The van der Waals surface area contributed by atoms with Gasteiger partial charge in [-0.3, -0.25) is 0 Å². The highest BCUT2D eigenvalue weighted by molar-refractivity contribution is 9.10. The number of halogens is 10. The fraction of sp³-hybridized carbons (Fsp3) is 1.00. The van der Waals surface area contributed by atoms with Gasteiger partial charge in [0.15, 0.2) is 0 Å². The Labute approximate surface area is 137 Å². The maximum absolute atomic E-state index is 12.9. The van der Waals surface area contributed by atoms with Gasteiger partial charge in [0.2, 0.25) is 0 Å². The Hall–Kier alpha value is 0.320. The standard InChI is InChI=1S/C10H12Br2F8O2/c1-5(21-9(17,18)7(11,13)14)3-4-6(2)22-10(19,20)8(12,15)16/h5-6H,3-4H2,1-2H3. The summed E-state index contributed by atoms with van der Waals surface area (Å²) in [6.45, 7) is 1.99. The third-order valence-corrected chi connectivity index (χ3v) is 3.26. The van der Waals surface area contributed by atoms with Gasteiger partial charge in [-0.15, -0.1) is 0 Å². The fourth-order valence-electron chi connectivity index (χ4n) is 1.23. The minimum Gasteiger partial charge on any atom is -0.312 e. The molecule has 0 saturated heterocycles. The van der Waals surface area contributed by atoms with Crippen LogP contribution in [0.1, 0.15) is 26.7 Å². The molecule has 0 bridgehead atoms. The molecule has 0 fully saturated rings. The van der Waals surface area contributed by atoms with Gasteiger partial charge in [-0.05, 0) is 26.7 Å². The Morgan fingerprint density at radius 3 is 1.09 bits per heavy atom. The summed E-state index contributed by atoms with van der Waals surface area (Å²) in [4.78, 5) is -9.22. The molecule has 2 atom stereocenters. The van der Waals surface area contributed by atoms with Crippen LogP contribution in [0, 0.1) is 0 Å². The molecule has 0 heterocycles. The molecule has 134 valence electrons. The van der Waals surface area contributed by atoms with Crippen LogP contribution < -0.4 is 0 Å². The van der Waals surface area contributed by atoms with Crippen molar-refractivity contribution in [2.75, 3.05) is 0 Å². The lowest BCUT2D eigenvalue weighted by molar-refractivity contribution is -0.334. The molecule has 2 unspecified atom stereocenters. The van der Waals surface area contributed by atoms with Gasteiger partial charge in [0, 0.05) is 31.9 Å². The van der Waals surface area contributed by atoms with Crippen molar-refractivity contribution in [1.82, 2.24) is 0 Å². The van der Waals surface area contributed by atoms with Crippen LogP contribution in [-0.2, 0) is 9.47 Å². The highest BCUT2D eigenvalue weighted by Gasteiger charge is 2.58. The van der Waals surface area contributed by atoms with E-state index in [0.717, 1.165) is 13.8 Å². The first-order chi connectivity index (χ1) is 9.49. The SMILES string of the molecule is CC(CCC(C)OC(F)(F)C(F)(F)Br)OC(F)(F)C(F)(F)Br. The summed E-state index contributed by atoms with van der Waals surface area (Å²) >= 11 is 2.90. The van der Waals surface area contributed by atoms with E-state index in [1.165, 1.54) is 31.9 Å². The number of rotatable bonds is 9. The second-order valence-corrected chi connectivity index (χ2v) is 6.46. The summed E-state index contributed by atoms with van der Waals surface area (Å²) in [6.07, 6.45) is -13.3. The molecular formula is C10H12Br2F8O2. The van der Waals surface area contributed by atoms with Crippen molar-refractivity contribution >= 4 is 31.9 Å². The van der Waals surface area contributed by atoms with Crippen LogP contribution in [0.2, 0.25) is 0 Å². The van der Waals surface area contributed by atoms with Crippen LogP contribution >= 0.6 is 31.9 Å². The van der Waals surface area contributed by atoms with Crippen molar-refractivity contribution in [3.63, 3.8) is 0 Å². The molecule has 2 nitrogen and oxygen atoms in total. The molecule has 22 heavy (non-hydrogen) atoms. The number of hydrogen-bond donors (Lipinski definition) is 0. The fourth-order valence-corrected chi connectivity index (χ4v) is 1.41. The van der Waals surface area contributed by atoms with E-state index >= 15 is 0 Å². The molecule has 0 aromatic heterocycles. The van der Waals surface area contributed by atoms with Crippen molar-refractivity contribution in [2.24, 2.45) is 0 Å². The molecular weight excluding hydrogens is 464 g/mol. The minimum atomic E-state index is -4.82. The molecule has 0 rings (SSSR count). The molecule has 0 aliphatic rings. The van der Waals surface area contributed by atoms with Gasteiger partial charge >= 0.3 is 21.9 Å². The van der Waals surface area contributed by atoms with Crippen molar-refractivity contribution in [3.05, 3.63) is 0 Å². The largest absolute Gasteiger partial charge is 0.430 e. The van der Waals surface area contributed by atoms with Crippen molar-refractivity contribution in [3.8, 4) is 0 Å². The van der Waals surface area contributed by atoms with E-state index < -0.39 is 46.9 Å². The van der Waals surface area contributed by atoms with Crippen LogP contribution in [0.4, 0.5) is 35.1 Å². The van der Waals surface area contributed by atoms with Crippen LogP contribution in [0.15, 0.2) is 0 Å². The van der Waals surface area contributed by atoms with E-state index in [1.807, 2.05) is 0 Å². The van der Waals surface area contributed by atoms with Crippen LogP contribution in [0.25, 0.3) is 0 Å². The summed E-state index contributed by atoms with van der Waals surface area (Å²) in [5.74, 6) is 0. The van der Waals surface area contributed by atoms with Crippen molar-refractivity contribution < 1.29 is 44.6 Å². The van der Waals surface area contributed by atoms with Gasteiger partial charge in [-0.2, -0.15) is 35.1 Å². The van der Waals surface area contributed by atoms with Gasteiger partial charge < -0.3 is 9.47 Å². The lowest BCUT2D eigenvalue weighted by atomic mass is 10.1. The zero-order valence-electron chi connectivity index (χ0n) is 11.2. The van der Waals surface area contributed by atoms with Gasteiger partial charge in [-0.25, -0.2) is 0 Å². The lowest BCUT2D eigenvalue weighted by Crippen LogP contribution is -2.41. The Balaban J connectivity index is 4.40. The Morgan fingerprint density at radius 2 is 0.909 bits per heavy atom. The first-order valence-corrected chi connectivity index (χ1v) is 7.33. The average molecular weight is 476 g/mol. The predicted molar refractivity (Wildman–Crippen MR) is 68.0 cm³/mol. The number of hydrogen-bond acceptors (Lipinski definition) is 2. The quantitative estimate of drug-likeness (QED) is 0.313. The molecule has 0 N–H and O–H groups in total. The van der Waals surface area contributed by atoms with Gasteiger partial charge in [-0.1, -0.05) is 0 Å². The summed E-state index contributed by atoms with van der Waals surface area (Å²) in [5, 5.41) is 0. The van der Waals surface area contributed by atoms with Crippen molar-refractivity contribution in [2.45, 2.75) is 60.8 Å². The van der Waals surface area contributed by atoms with Crippen molar-refractivity contribution in [1.29, 1.82) is 0 Å². The molecule has 0 spiro atoms. The highest BCUT2D eigenvalue weighted by Crippen LogP contribution is 2.42. The van der Waals surface area contributed by atoms with E-state index in [1.54, 1.807) is 0 Å². The third-order valence-electron chi connectivity index (χ3n) is 2.34. The maximum atomic E-state index is 12.9. The third kappa shape index (κ3) is 6.83. The van der Waals surface area contributed by atoms with E-state index in [0.29, 0.717) is 0 Å². The molecule has 0 radical (unpaired) electrons. The van der Waals surface area contributed by atoms with E-state index in [4.69, 9.17) is 0 Å².